The molecule has 2 unspecified atom stereocenters. The summed E-state index contributed by atoms with van der Waals surface area (Å²) in [5, 5.41) is 3.02. The first-order valence-electron chi connectivity index (χ1n) is 21.4. The van der Waals surface area contributed by atoms with Crippen LogP contribution in [0.3, 0.4) is 0 Å². The van der Waals surface area contributed by atoms with Gasteiger partial charge in [0.25, 0.3) is 0 Å². The highest BCUT2D eigenvalue weighted by Gasteiger charge is 2.36. The molecule has 0 bridgehead atoms. The van der Waals surface area contributed by atoms with Gasteiger partial charge in [-0.15, -0.1) is 0 Å². The first-order valence-corrected chi connectivity index (χ1v) is 21.4. The smallest absolute Gasteiger partial charge is 0.164 e. The number of nitrogens with zero attached hydrogens (tertiary/aromatic N) is 4. The summed E-state index contributed by atoms with van der Waals surface area (Å²) in [4.78, 5) is 21.0. The molecule has 10 aromatic rings. The van der Waals surface area contributed by atoms with Crippen molar-refractivity contribution in [2.45, 2.75) is 31.1 Å². The van der Waals surface area contributed by atoms with Gasteiger partial charge in [0.05, 0.1) is 16.6 Å². The molecular weight excluding hydrogens is 757 g/mol. The van der Waals surface area contributed by atoms with Gasteiger partial charge in [0.2, 0.25) is 0 Å². The molecule has 2 atom stereocenters. The predicted octanol–water partition coefficient (Wildman–Crippen LogP) is 14.1. The average Bonchev–Trinajstić information content (AvgIpc) is 3.83. The van der Waals surface area contributed by atoms with Gasteiger partial charge < -0.3 is 4.42 Å². The second-order valence-electron chi connectivity index (χ2n) is 17.3. The number of pyridine rings is 1. The highest BCUT2D eigenvalue weighted by atomic mass is 16.3. The molecule has 7 aromatic carbocycles. The summed E-state index contributed by atoms with van der Waals surface area (Å²) >= 11 is 0. The molecule has 5 heteroatoms. The Balaban J connectivity index is 0.993. The van der Waals surface area contributed by atoms with Crippen LogP contribution < -0.4 is 0 Å². The maximum atomic E-state index is 6.75. The third-order valence-electron chi connectivity index (χ3n) is 13.5. The number of rotatable bonds is 4. The minimum Gasteiger partial charge on any atom is -0.455 e. The zero-order valence-electron chi connectivity index (χ0n) is 34.2. The second kappa shape index (κ2) is 13.1. The van der Waals surface area contributed by atoms with E-state index in [1.807, 2.05) is 30.3 Å². The fraction of sp³-hybridized carbons (Fsp3) is 0.0877. The lowest BCUT2D eigenvalue weighted by Gasteiger charge is -2.34. The van der Waals surface area contributed by atoms with E-state index in [9.17, 15) is 0 Å². The number of para-hydroxylation sites is 1. The van der Waals surface area contributed by atoms with E-state index in [0.29, 0.717) is 17.5 Å². The van der Waals surface area contributed by atoms with Crippen LogP contribution in [0, 0.1) is 0 Å². The summed E-state index contributed by atoms with van der Waals surface area (Å²) in [5.41, 5.74) is 17.5. The molecule has 0 spiro atoms. The zero-order chi connectivity index (χ0) is 41.1. The van der Waals surface area contributed by atoms with Gasteiger partial charge >= 0.3 is 0 Å². The third kappa shape index (κ3) is 5.15. The maximum Gasteiger partial charge on any atom is 0.164 e. The molecule has 292 valence electrons. The highest BCUT2D eigenvalue weighted by Crippen LogP contribution is 2.52. The van der Waals surface area contributed by atoms with Crippen LogP contribution >= 0.6 is 0 Å². The van der Waals surface area contributed by atoms with Gasteiger partial charge in [-0.1, -0.05) is 172 Å². The standard InChI is InChI=1S/C57H38N4O/c1-57(2)47-22-12-10-20-42(47)46-31-35(26-29-48(46)57)55-59-54(33-14-4-3-5-15-33)60-56(61-55)36-25-28-43-49(32-36)58-52(51-44-21-11-13-23-50(44)62-53(43)51)34-24-27-41-39-18-7-6-16-37(39)38-17-8-9-19-40(38)45(41)30-34/h3-32,41,45H,1-2H3. The number of aromatic nitrogens is 4. The molecule has 0 radical (unpaired) electrons. The summed E-state index contributed by atoms with van der Waals surface area (Å²) in [5.74, 6) is 2.23. The van der Waals surface area contributed by atoms with Crippen LogP contribution in [-0.4, -0.2) is 19.9 Å². The number of fused-ring (bicyclic) bond motifs is 14. The molecule has 0 amide bonds. The molecule has 3 heterocycles. The Kier molecular flexibility index (Phi) is 7.41. The number of allylic oxidation sites excluding steroid dienone is 4. The maximum absolute atomic E-state index is 6.75. The quantitative estimate of drug-likeness (QED) is 0.178. The lowest BCUT2D eigenvalue weighted by molar-refractivity contribution is 0.660. The van der Waals surface area contributed by atoms with Crippen LogP contribution in [0.4, 0.5) is 0 Å². The third-order valence-corrected chi connectivity index (χ3v) is 13.5. The molecule has 3 aromatic heterocycles. The van der Waals surface area contributed by atoms with Crippen molar-refractivity contribution < 1.29 is 4.42 Å². The summed E-state index contributed by atoms with van der Waals surface area (Å²) in [7, 11) is 0. The van der Waals surface area contributed by atoms with E-state index in [4.69, 9.17) is 24.4 Å². The monoisotopic (exact) mass is 794 g/mol. The molecule has 3 aliphatic carbocycles. The van der Waals surface area contributed by atoms with Gasteiger partial charge in [-0.05, 0) is 74.3 Å². The molecule has 0 N–H and O–H groups in total. The van der Waals surface area contributed by atoms with Crippen molar-refractivity contribution in [1.82, 2.24) is 19.9 Å². The number of furan rings is 1. The first kappa shape index (κ1) is 35.0. The molecular formula is C57H38N4O. The van der Waals surface area contributed by atoms with Crippen molar-refractivity contribution in [3.05, 3.63) is 210 Å². The van der Waals surface area contributed by atoms with Gasteiger partial charge in [0.1, 0.15) is 11.2 Å². The van der Waals surface area contributed by atoms with Crippen molar-refractivity contribution >= 4 is 38.4 Å². The van der Waals surface area contributed by atoms with Gasteiger partial charge in [-0.3, -0.25) is 0 Å². The van der Waals surface area contributed by atoms with Crippen molar-refractivity contribution in [2.75, 3.05) is 0 Å². The Morgan fingerprint density at radius 2 is 1.10 bits per heavy atom. The minimum absolute atomic E-state index is 0.0936. The molecule has 62 heavy (non-hydrogen) atoms. The molecule has 0 saturated heterocycles. The van der Waals surface area contributed by atoms with Gasteiger partial charge in [-0.2, -0.15) is 0 Å². The highest BCUT2D eigenvalue weighted by molar-refractivity contribution is 6.18. The number of benzene rings is 7. The van der Waals surface area contributed by atoms with Gasteiger partial charge in [0.15, 0.2) is 17.5 Å². The van der Waals surface area contributed by atoms with Crippen molar-refractivity contribution in [2.24, 2.45) is 0 Å². The minimum atomic E-state index is -0.0936. The zero-order valence-corrected chi connectivity index (χ0v) is 34.2. The molecule has 0 fully saturated rings. The fourth-order valence-electron chi connectivity index (χ4n) is 10.5. The van der Waals surface area contributed by atoms with E-state index in [1.54, 1.807) is 0 Å². The predicted molar refractivity (Wildman–Crippen MR) is 251 cm³/mol. The van der Waals surface area contributed by atoms with Crippen LogP contribution in [-0.2, 0) is 5.41 Å². The van der Waals surface area contributed by atoms with E-state index >= 15 is 0 Å². The van der Waals surface area contributed by atoms with Crippen molar-refractivity contribution in [3.8, 4) is 56.4 Å². The summed E-state index contributed by atoms with van der Waals surface area (Å²) in [6.45, 7) is 4.60. The van der Waals surface area contributed by atoms with Crippen LogP contribution in [0.25, 0.3) is 94.8 Å². The van der Waals surface area contributed by atoms with Gasteiger partial charge in [0, 0.05) is 44.7 Å². The topological polar surface area (TPSA) is 64.7 Å². The molecule has 5 nitrogen and oxygen atoms in total. The van der Waals surface area contributed by atoms with E-state index < -0.39 is 0 Å². The average molecular weight is 795 g/mol. The summed E-state index contributed by atoms with van der Waals surface area (Å²) in [6, 6.07) is 57.8. The van der Waals surface area contributed by atoms with E-state index in [0.717, 1.165) is 60.8 Å². The normalized spacial score (nSPS) is 16.7. The molecule has 0 aliphatic heterocycles. The van der Waals surface area contributed by atoms with Crippen LogP contribution in [0.2, 0.25) is 0 Å². The fourth-order valence-corrected chi connectivity index (χ4v) is 10.5. The van der Waals surface area contributed by atoms with Crippen LogP contribution in [0.1, 0.15) is 53.6 Å². The Labute approximate surface area is 358 Å². The van der Waals surface area contributed by atoms with Crippen LogP contribution in [0.5, 0.6) is 0 Å². The molecule has 13 rings (SSSR count). The number of hydrogen-bond acceptors (Lipinski definition) is 5. The Morgan fingerprint density at radius 3 is 1.89 bits per heavy atom. The van der Waals surface area contributed by atoms with Crippen molar-refractivity contribution in [3.63, 3.8) is 0 Å². The molecule has 0 saturated carbocycles. The lowest BCUT2D eigenvalue weighted by Crippen LogP contribution is -2.17. The lowest BCUT2D eigenvalue weighted by atomic mass is 9.69. The molecule has 3 aliphatic rings. The SMILES string of the molecule is CC1(C)c2ccccc2-c2cc(-c3nc(-c4ccccc4)nc(-c4ccc5c(c4)nc(C4=CC6c7ccccc7-c7ccccc7C6C=C4)c4c6ccccc6oc54)n3)ccc21. The van der Waals surface area contributed by atoms with E-state index in [-0.39, 0.29) is 17.3 Å². The van der Waals surface area contributed by atoms with E-state index in [2.05, 4.69) is 166 Å². The summed E-state index contributed by atoms with van der Waals surface area (Å²) in [6.07, 6.45) is 7.08. The Hall–Kier alpha value is -7.76. The first-order chi connectivity index (χ1) is 30.5. The van der Waals surface area contributed by atoms with Crippen molar-refractivity contribution in [1.29, 1.82) is 0 Å². The Bertz CT molecular complexity index is 3580. The second-order valence-corrected chi connectivity index (χ2v) is 17.3. The number of hydrogen-bond donors (Lipinski definition) is 0. The summed E-state index contributed by atoms with van der Waals surface area (Å²) < 4.78 is 6.75. The van der Waals surface area contributed by atoms with E-state index in [1.165, 1.54) is 44.5 Å². The Morgan fingerprint density at radius 1 is 0.484 bits per heavy atom. The largest absolute Gasteiger partial charge is 0.455 e. The van der Waals surface area contributed by atoms with Crippen LogP contribution in [0.15, 0.2) is 186 Å². The van der Waals surface area contributed by atoms with Gasteiger partial charge in [-0.25, -0.2) is 19.9 Å².